The van der Waals surface area contributed by atoms with Crippen molar-refractivity contribution in [3.8, 4) is 0 Å². The smallest absolute Gasteiger partial charge is 0.171 e. The Hall–Kier alpha value is -1.67. The third-order valence-electron chi connectivity index (χ3n) is 3.42. The van der Waals surface area contributed by atoms with Crippen molar-refractivity contribution in [2.45, 2.75) is 12.3 Å². The highest BCUT2D eigenvalue weighted by molar-refractivity contribution is 7.10. The molecule has 0 amide bonds. The second kappa shape index (κ2) is 3.67. The van der Waals surface area contributed by atoms with Gasteiger partial charge in [0.05, 0.1) is 5.41 Å². The van der Waals surface area contributed by atoms with Crippen molar-refractivity contribution in [3.05, 3.63) is 63.9 Å². The molecule has 1 aliphatic carbocycles. The molecule has 0 saturated heterocycles. The molecule has 2 aromatic rings. The number of carbonyl (C=O) groups is 1. The van der Waals surface area contributed by atoms with Crippen LogP contribution in [-0.4, -0.2) is 5.78 Å². The van der Waals surface area contributed by atoms with Gasteiger partial charge in [-0.1, -0.05) is 36.4 Å². The molecule has 0 radical (unpaired) electrons. The van der Waals surface area contributed by atoms with Crippen LogP contribution in [0, 0.1) is 0 Å². The van der Waals surface area contributed by atoms with Crippen LogP contribution in [0.15, 0.2) is 47.9 Å². The Kier molecular flexibility index (Phi) is 2.26. The van der Waals surface area contributed by atoms with E-state index in [0.717, 1.165) is 16.0 Å². The fourth-order valence-electron chi connectivity index (χ4n) is 2.38. The monoisotopic (exact) mass is 240 g/mol. The van der Waals surface area contributed by atoms with Crippen LogP contribution < -0.4 is 0 Å². The summed E-state index contributed by atoms with van der Waals surface area (Å²) in [6.07, 6.45) is 3.61. The van der Waals surface area contributed by atoms with Crippen molar-refractivity contribution in [2.24, 2.45) is 0 Å². The topological polar surface area (TPSA) is 17.1 Å². The van der Waals surface area contributed by atoms with E-state index in [-0.39, 0.29) is 5.78 Å². The Balaban J connectivity index is 2.29. The van der Waals surface area contributed by atoms with Gasteiger partial charge in [-0.05, 0) is 35.6 Å². The molecule has 1 aromatic carbocycles. The van der Waals surface area contributed by atoms with E-state index in [2.05, 4.69) is 12.1 Å². The lowest BCUT2D eigenvalue weighted by Gasteiger charge is -2.30. The number of hydrogen-bond acceptors (Lipinski definition) is 2. The van der Waals surface area contributed by atoms with E-state index in [1.165, 1.54) is 0 Å². The molecule has 0 bridgehead atoms. The number of thiophene rings is 1. The van der Waals surface area contributed by atoms with Crippen molar-refractivity contribution in [2.75, 3.05) is 0 Å². The summed E-state index contributed by atoms with van der Waals surface area (Å²) >= 11 is 1.64. The third-order valence-corrected chi connectivity index (χ3v) is 4.51. The predicted molar refractivity (Wildman–Crippen MR) is 71.3 cm³/mol. The van der Waals surface area contributed by atoms with Gasteiger partial charge in [-0.25, -0.2) is 0 Å². The van der Waals surface area contributed by atoms with Crippen molar-refractivity contribution in [3.63, 3.8) is 0 Å². The number of rotatable bonds is 1. The molecule has 0 saturated carbocycles. The van der Waals surface area contributed by atoms with Gasteiger partial charge in [0.2, 0.25) is 0 Å². The van der Waals surface area contributed by atoms with Crippen molar-refractivity contribution < 1.29 is 4.79 Å². The van der Waals surface area contributed by atoms with Crippen LogP contribution >= 0.6 is 11.3 Å². The summed E-state index contributed by atoms with van der Waals surface area (Å²) in [5, 5.41) is 2.02. The fraction of sp³-hybridized carbons (Fsp3) is 0.133. The fourth-order valence-corrected chi connectivity index (χ4v) is 3.29. The van der Waals surface area contributed by atoms with Gasteiger partial charge < -0.3 is 0 Å². The van der Waals surface area contributed by atoms with Gasteiger partial charge in [-0.2, -0.15) is 0 Å². The Labute approximate surface area is 104 Å². The maximum atomic E-state index is 12.3. The Bertz CT molecular complexity index is 595. The van der Waals surface area contributed by atoms with E-state index in [1.54, 1.807) is 17.4 Å². The van der Waals surface area contributed by atoms with Gasteiger partial charge in [-0.3, -0.25) is 4.79 Å². The molecule has 1 aromatic heterocycles. The van der Waals surface area contributed by atoms with E-state index < -0.39 is 5.41 Å². The van der Waals surface area contributed by atoms with Gasteiger partial charge >= 0.3 is 0 Å². The minimum absolute atomic E-state index is 0.165. The highest BCUT2D eigenvalue weighted by Gasteiger charge is 2.39. The van der Waals surface area contributed by atoms with Crippen molar-refractivity contribution >= 4 is 23.2 Å². The van der Waals surface area contributed by atoms with Crippen LogP contribution in [0.5, 0.6) is 0 Å². The largest absolute Gasteiger partial charge is 0.293 e. The quantitative estimate of drug-likeness (QED) is 0.743. The summed E-state index contributed by atoms with van der Waals surface area (Å²) < 4.78 is 0. The molecule has 0 fully saturated rings. The van der Waals surface area contributed by atoms with Crippen LogP contribution in [0.3, 0.4) is 0 Å². The number of ketones is 1. The minimum atomic E-state index is -0.514. The number of hydrogen-bond donors (Lipinski definition) is 0. The summed E-state index contributed by atoms with van der Waals surface area (Å²) in [7, 11) is 0. The minimum Gasteiger partial charge on any atom is -0.293 e. The zero-order valence-corrected chi connectivity index (χ0v) is 10.3. The molecular formula is C15H12OS. The average molecular weight is 240 g/mol. The van der Waals surface area contributed by atoms with E-state index in [4.69, 9.17) is 0 Å². The SMILES string of the molecule is C[C@@]1(c2cccs2)C(=O)C=Cc2ccccc21. The number of allylic oxidation sites excluding steroid dienone is 1. The Morgan fingerprint density at radius 3 is 2.65 bits per heavy atom. The standard InChI is InChI=1S/C15H12OS/c1-15(14-7-4-10-17-14)12-6-3-2-5-11(12)8-9-13(15)16/h2-10H,1H3/t15-/m0/s1. The summed E-state index contributed by atoms with van der Waals surface area (Å²) in [6.45, 7) is 2.02. The normalized spacial score (nSPS) is 22.5. The maximum Gasteiger partial charge on any atom is 0.171 e. The van der Waals surface area contributed by atoms with Crippen LogP contribution in [0.1, 0.15) is 22.9 Å². The van der Waals surface area contributed by atoms with Gasteiger partial charge in [0.1, 0.15) is 0 Å². The van der Waals surface area contributed by atoms with Crippen LogP contribution in [0.25, 0.3) is 6.08 Å². The predicted octanol–water partition coefficient (Wildman–Crippen LogP) is 3.65. The van der Waals surface area contributed by atoms with Crippen LogP contribution in [0.2, 0.25) is 0 Å². The highest BCUT2D eigenvalue weighted by atomic mass is 32.1. The van der Waals surface area contributed by atoms with Crippen molar-refractivity contribution in [1.82, 2.24) is 0 Å². The lowest BCUT2D eigenvalue weighted by Crippen LogP contribution is -2.34. The molecule has 1 atom stereocenters. The molecule has 2 heteroatoms. The summed E-state index contributed by atoms with van der Waals surface area (Å²) in [6, 6.07) is 12.2. The zero-order chi connectivity index (χ0) is 11.9. The molecule has 0 unspecified atom stereocenters. The van der Waals surface area contributed by atoms with Gasteiger partial charge in [-0.15, -0.1) is 11.3 Å². The van der Waals surface area contributed by atoms with E-state index in [1.807, 2.05) is 42.6 Å². The highest BCUT2D eigenvalue weighted by Crippen LogP contribution is 2.40. The van der Waals surface area contributed by atoms with Crippen LogP contribution in [0.4, 0.5) is 0 Å². The third kappa shape index (κ3) is 1.41. The lowest BCUT2D eigenvalue weighted by molar-refractivity contribution is -0.118. The summed E-state index contributed by atoms with van der Waals surface area (Å²) in [5.41, 5.74) is 1.73. The molecule has 3 rings (SSSR count). The molecule has 84 valence electrons. The molecule has 1 nitrogen and oxygen atoms in total. The van der Waals surface area contributed by atoms with Crippen molar-refractivity contribution in [1.29, 1.82) is 0 Å². The van der Waals surface area contributed by atoms with E-state index >= 15 is 0 Å². The summed E-state index contributed by atoms with van der Waals surface area (Å²) in [5.74, 6) is 0.165. The number of fused-ring (bicyclic) bond motifs is 1. The molecule has 0 N–H and O–H groups in total. The van der Waals surface area contributed by atoms with Gasteiger partial charge in [0.15, 0.2) is 5.78 Å². The molecule has 17 heavy (non-hydrogen) atoms. The average Bonchev–Trinajstić information content (AvgIpc) is 2.88. The van der Waals surface area contributed by atoms with Crippen LogP contribution in [-0.2, 0) is 10.2 Å². The lowest BCUT2D eigenvalue weighted by atomic mass is 9.72. The maximum absolute atomic E-state index is 12.3. The Morgan fingerprint density at radius 2 is 1.88 bits per heavy atom. The first-order valence-electron chi connectivity index (χ1n) is 5.59. The first-order valence-corrected chi connectivity index (χ1v) is 6.47. The second-order valence-corrected chi connectivity index (χ2v) is 5.33. The molecule has 0 spiro atoms. The molecule has 0 aliphatic heterocycles. The van der Waals surface area contributed by atoms with Gasteiger partial charge in [0, 0.05) is 4.88 Å². The van der Waals surface area contributed by atoms with Gasteiger partial charge in [0.25, 0.3) is 0 Å². The zero-order valence-electron chi connectivity index (χ0n) is 9.51. The van der Waals surface area contributed by atoms with E-state index in [9.17, 15) is 4.79 Å². The number of benzene rings is 1. The number of carbonyl (C=O) groups excluding carboxylic acids is 1. The Morgan fingerprint density at radius 1 is 1.06 bits per heavy atom. The second-order valence-electron chi connectivity index (χ2n) is 4.39. The molecular weight excluding hydrogens is 228 g/mol. The first-order chi connectivity index (χ1) is 8.23. The first kappa shape index (κ1) is 10.5. The summed E-state index contributed by atoms with van der Waals surface area (Å²) in [4.78, 5) is 13.4. The molecule has 1 aliphatic rings. The van der Waals surface area contributed by atoms with E-state index in [0.29, 0.717) is 0 Å². The molecule has 1 heterocycles.